The number of hydrogen-bond donors (Lipinski definition) is 2. The first-order valence-electron chi connectivity index (χ1n) is 4.27. The molecule has 0 aliphatic heterocycles. The summed E-state index contributed by atoms with van der Waals surface area (Å²) in [6.07, 6.45) is 0.594. The van der Waals surface area contributed by atoms with E-state index in [1.54, 1.807) is 6.07 Å². The average Bonchev–Trinajstić information content (AvgIpc) is 2.50. The van der Waals surface area contributed by atoms with Crippen molar-refractivity contribution in [1.82, 2.24) is 9.78 Å². The number of ether oxygens (including phenoxy) is 1. The number of rotatable bonds is 4. The van der Waals surface area contributed by atoms with Crippen molar-refractivity contribution < 1.29 is 14.3 Å². The molecule has 1 aromatic rings. The van der Waals surface area contributed by atoms with Gasteiger partial charge < -0.3 is 16.2 Å². The molecule has 1 heterocycles. The second kappa shape index (κ2) is 4.45. The quantitative estimate of drug-likeness (QED) is 0.614. The van der Waals surface area contributed by atoms with Crippen molar-refractivity contribution in [3.8, 4) is 0 Å². The number of nitrogen functional groups attached to an aromatic ring is 1. The molecular weight excluding hydrogens is 200 g/mol. The van der Waals surface area contributed by atoms with Crippen LogP contribution < -0.4 is 11.5 Å². The van der Waals surface area contributed by atoms with Gasteiger partial charge >= 0.3 is 5.97 Å². The fraction of sp³-hybridized carbons (Fsp3) is 0.375. The number of amides is 1. The maximum Gasteiger partial charge on any atom is 0.328 e. The van der Waals surface area contributed by atoms with Crippen molar-refractivity contribution in [3.05, 3.63) is 12.3 Å². The molecule has 0 saturated carbocycles. The highest BCUT2D eigenvalue weighted by Crippen LogP contribution is 1.97. The third-order valence-corrected chi connectivity index (χ3v) is 1.66. The monoisotopic (exact) mass is 212 g/mol. The van der Waals surface area contributed by atoms with Gasteiger partial charge in [0.25, 0.3) is 5.91 Å². The number of carbonyl (C=O) groups excluding carboxylic acids is 2. The van der Waals surface area contributed by atoms with Crippen molar-refractivity contribution in [1.29, 1.82) is 0 Å². The van der Waals surface area contributed by atoms with E-state index in [1.807, 2.05) is 0 Å². The number of aromatic nitrogens is 2. The zero-order valence-corrected chi connectivity index (χ0v) is 8.21. The fourth-order valence-electron chi connectivity index (χ4n) is 0.890. The lowest BCUT2D eigenvalue weighted by Gasteiger charge is -2.09. The highest BCUT2D eigenvalue weighted by atomic mass is 16.5. The van der Waals surface area contributed by atoms with Crippen LogP contribution in [0.15, 0.2) is 12.3 Å². The highest BCUT2D eigenvalue weighted by molar-refractivity contribution is 5.81. The van der Waals surface area contributed by atoms with Gasteiger partial charge in [-0.2, -0.15) is 5.10 Å². The van der Waals surface area contributed by atoms with E-state index < -0.39 is 18.0 Å². The van der Waals surface area contributed by atoms with E-state index >= 15 is 0 Å². The molecule has 0 saturated heterocycles. The van der Waals surface area contributed by atoms with Crippen molar-refractivity contribution in [2.45, 2.75) is 19.6 Å². The predicted molar refractivity (Wildman–Crippen MR) is 51.4 cm³/mol. The summed E-state index contributed by atoms with van der Waals surface area (Å²) in [6.45, 7) is 1.30. The second-order valence-electron chi connectivity index (χ2n) is 2.97. The summed E-state index contributed by atoms with van der Waals surface area (Å²) in [5.74, 6) is -0.974. The molecule has 7 heteroatoms. The average molecular weight is 212 g/mol. The van der Waals surface area contributed by atoms with Gasteiger partial charge in [-0.05, 0) is 13.0 Å². The Bertz CT molecular complexity index is 374. The van der Waals surface area contributed by atoms with Crippen LogP contribution in [0.5, 0.6) is 0 Å². The van der Waals surface area contributed by atoms with E-state index in [0.717, 1.165) is 0 Å². The highest BCUT2D eigenvalue weighted by Gasteiger charge is 2.14. The molecule has 7 nitrogen and oxygen atoms in total. The number of carbonyl (C=O) groups is 2. The zero-order chi connectivity index (χ0) is 11.4. The Kier molecular flexibility index (Phi) is 3.27. The molecule has 0 fully saturated rings. The third-order valence-electron chi connectivity index (χ3n) is 1.66. The van der Waals surface area contributed by atoms with E-state index in [2.05, 4.69) is 5.10 Å². The Morgan fingerprint density at radius 2 is 2.33 bits per heavy atom. The van der Waals surface area contributed by atoms with Crippen LogP contribution in [-0.2, 0) is 20.9 Å². The first kappa shape index (κ1) is 11.0. The number of hydrogen-bond acceptors (Lipinski definition) is 5. The topological polar surface area (TPSA) is 113 Å². The van der Waals surface area contributed by atoms with Gasteiger partial charge in [0.05, 0.1) is 0 Å². The lowest BCUT2D eigenvalue weighted by atomic mass is 10.4. The van der Waals surface area contributed by atoms with Crippen molar-refractivity contribution in [2.75, 3.05) is 5.73 Å². The van der Waals surface area contributed by atoms with Crippen LogP contribution in [0.1, 0.15) is 6.92 Å². The van der Waals surface area contributed by atoms with Gasteiger partial charge in [-0.1, -0.05) is 0 Å². The molecule has 0 aromatic carbocycles. The normalized spacial score (nSPS) is 12.1. The van der Waals surface area contributed by atoms with Gasteiger partial charge in [0.2, 0.25) is 0 Å². The van der Waals surface area contributed by atoms with Crippen molar-refractivity contribution >= 4 is 17.7 Å². The minimum Gasteiger partial charge on any atom is -0.451 e. The molecule has 0 aliphatic rings. The summed E-state index contributed by atoms with van der Waals surface area (Å²) in [5, 5.41) is 3.78. The molecule has 1 amide bonds. The fourth-order valence-corrected chi connectivity index (χ4v) is 0.890. The summed E-state index contributed by atoms with van der Waals surface area (Å²) >= 11 is 0. The molecule has 4 N–H and O–H groups in total. The molecule has 1 rings (SSSR count). The van der Waals surface area contributed by atoms with Crippen LogP contribution >= 0.6 is 0 Å². The molecule has 1 unspecified atom stereocenters. The van der Waals surface area contributed by atoms with Crippen molar-refractivity contribution in [2.24, 2.45) is 5.73 Å². The Labute approximate surface area is 86.0 Å². The molecule has 1 aromatic heterocycles. The lowest BCUT2D eigenvalue weighted by molar-refractivity contribution is -0.154. The Balaban J connectivity index is 2.46. The van der Waals surface area contributed by atoms with E-state index in [-0.39, 0.29) is 6.54 Å². The molecule has 82 valence electrons. The predicted octanol–water partition coefficient (Wildman–Crippen LogP) is -1.12. The van der Waals surface area contributed by atoms with Gasteiger partial charge in [-0.25, -0.2) is 0 Å². The van der Waals surface area contributed by atoms with Gasteiger partial charge in [-0.15, -0.1) is 0 Å². The Morgan fingerprint density at radius 3 is 2.80 bits per heavy atom. The largest absolute Gasteiger partial charge is 0.451 e. The summed E-state index contributed by atoms with van der Waals surface area (Å²) in [6, 6.07) is 1.55. The maximum atomic E-state index is 11.2. The number of nitrogens with two attached hydrogens (primary N) is 2. The molecule has 0 radical (unpaired) electrons. The third kappa shape index (κ3) is 3.29. The minimum atomic E-state index is -0.939. The van der Waals surface area contributed by atoms with Crippen molar-refractivity contribution in [3.63, 3.8) is 0 Å². The van der Waals surface area contributed by atoms with Crippen LogP contribution in [0, 0.1) is 0 Å². The van der Waals surface area contributed by atoms with E-state index in [0.29, 0.717) is 5.82 Å². The summed E-state index contributed by atoms with van der Waals surface area (Å²) in [5.41, 5.74) is 10.3. The molecule has 0 bridgehead atoms. The SMILES string of the molecule is CC(OC(=O)Cn1ccc(N)n1)C(N)=O. The summed E-state index contributed by atoms with van der Waals surface area (Å²) in [4.78, 5) is 21.8. The van der Waals surface area contributed by atoms with Gasteiger partial charge in [0, 0.05) is 6.20 Å². The van der Waals surface area contributed by atoms with Gasteiger partial charge in [-0.3, -0.25) is 14.3 Å². The van der Waals surface area contributed by atoms with E-state index in [9.17, 15) is 9.59 Å². The Morgan fingerprint density at radius 1 is 1.67 bits per heavy atom. The van der Waals surface area contributed by atoms with Gasteiger partial charge in [0.15, 0.2) is 6.10 Å². The number of nitrogens with zero attached hydrogens (tertiary/aromatic N) is 2. The maximum absolute atomic E-state index is 11.2. The molecule has 15 heavy (non-hydrogen) atoms. The van der Waals surface area contributed by atoms with E-state index in [4.69, 9.17) is 16.2 Å². The standard InChI is InChI=1S/C8H12N4O3/c1-5(8(10)14)15-7(13)4-12-3-2-6(9)11-12/h2-3,5H,4H2,1H3,(H2,9,11)(H2,10,14). The van der Waals surface area contributed by atoms with Crippen LogP contribution in [-0.4, -0.2) is 27.8 Å². The van der Waals surface area contributed by atoms with Gasteiger partial charge in [0.1, 0.15) is 12.4 Å². The zero-order valence-electron chi connectivity index (χ0n) is 8.21. The van der Waals surface area contributed by atoms with Crippen LogP contribution in [0.25, 0.3) is 0 Å². The number of anilines is 1. The molecular formula is C8H12N4O3. The summed E-state index contributed by atoms with van der Waals surface area (Å²) in [7, 11) is 0. The van der Waals surface area contributed by atoms with E-state index in [1.165, 1.54) is 17.8 Å². The van der Waals surface area contributed by atoms with Crippen LogP contribution in [0.2, 0.25) is 0 Å². The second-order valence-corrected chi connectivity index (χ2v) is 2.97. The van der Waals surface area contributed by atoms with Crippen LogP contribution in [0.3, 0.4) is 0 Å². The minimum absolute atomic E-state index is 0.102. The molecule has 1 atom stereocenters. The molecule has 0 spiro atoms. The number of esters is 1. The smallest absolute Gasteiger partial charge is 0.328 e. The van der Waals surface area contributed by atoms with Crippen LogP contribution in [0.4, 0.5) is 5.82 Å². The summed E-state index contributed by atoms with van der Waals surface area (Å²) < 4.78 is 6.02. The lowest BCUT2D eigenvalue weighted by Crippen LogP contribution is -2.31. The molecule has 0 aliphatic carbocycles. The Hall–Kier alpha value is -2.05. The first-order chi connectivity index (χ1) is 6.99. The first-order valence-corrected chi connectivity index (χ1v) is 4.27. The number of primary amides is 1.